The number of aliphatic hydroxyl groups is 1. The fraction of sp³-hybridized carbons (Fsp3) is 0.429. The molecule has 2 aromatic carbocycles. The van der Waals surface area contributed by atoms with Gasteiger partial charge in [-0.1, -0.05) is 6.92 Å². The lowest BCUT2D eigenvalue weighted by molar-refractivity contribution is -0.753. The Morgan fingerprint density at radius 1 is 0.920 bits per heavy atom. The Balaban J connectivity index is 1.85. The number of piperidine rings is 1. The molecule has 2 aromatic rings. The van der Waals surface area contributed by atoms with Gasteiger partial charge in [0.1, 0.15) is 23.6 Å². The first-order valence-electron chi connectivity index (χ1n) is 8.97. The Bertz CT molecular complexity index is 669. The van der Waals surface area contributed by atoms with E-state index in [1.165, 1.54) is 11.1 Å². The van der Waals surface area contributed by atoms with Crippen molar-refractivity contribution in [2.24, 2.45) is 5.92 Å². The summed E-state index contributed by atoms with van der Waals surface area (Å²) in [5, 5.41) is 13.2. The summed E-state index contributed by atoms with van der Waals surface area (Å²) in [5.74, 6) is 1.97. The number of aliphatic hydroxyl groups excluding tert-OH is 1. The molecule has 0 radical (unpaired) electrons. The van der Waals surface area contributed by atoms with Gasteiger partial charge in [-0.15, -0.1) is 0 Å². The van der Waals surface area contributed by atoms with E-state index < -0.39 is 0 Å². The number of nitrogens with two attached hydrogens (primary N) is 1. The summed E-state index contributed by atoms with van der Waals surface area (Å²) in [6.07, 6.45) is 1.44. The minimum Gasteiger partial charge on any atom is -0.497 e. The van der Waals surface area contributed by atoms with Crippen LogP contribution in [0.3, 0.4) is 0 Å². The molecule has 1 heterocycles. The van der Waals surface area contributed by atoms with Crippen molar-refractivity contribution in [2.45, 2.75) is 38.0 Å². The normalized spacial score (nSPS) is 26.2. The van der Waals surface area contributed by atoms with Crippen LogP contribution in [0.5, 0.6) is 11.5 Å². The first-order chi connectivity index (χ1) is 12.2. The predicted molar refractivity (Wildman–Crippen MR) is 97.8 cm³/mol. The van der Waals surface area contributed by atoms with E-state index in [1.54, 1.807) is 14.2 Å². The fourth-order valence-electron chi connectivity index (χ4n) is 3.95. The smallest absolute Gasteiger partial charge is 0.118 e. The van der Waals surface area contributed by atoms with Crippen LogP contribution >= 0.6 is 0 Å². The van der Waals surface area contributed by atoms with E-state index in [4.69, 9.17) is 9.47 Å². The molecule has 0 aliphatic carbocycles. The maximum Gasteiger partial charge on any atom is 0.118 e. The predicted octanol–water partition coefficient (Wildman–Crippen LogP) is 2.84. The lowest BCUT2D eigenvalue weighted by atomic mass is 9.78. The van der Waals surface area contributed by atoms with Crippen LogP contribution in [-0.4, -0.2) is 25.4 Å². The van der Waals surface area contributed by atoms with Gasteiger partial charge in [0.15, 0.2) is 0 Å². The van der Waals surface area contributed by atoms with E-state index in [-0.39, 0.29) is 24.1 Å². The highest BCUT2D eigenvalue weighted by Gasteiger charge is 2.40. The molecule has 0 amide bonds. The van der Waals surface area contributed by atoms with Crippen molar-refractivity contribution in [1.82, 2.24) is 0 Å². The molecule has 3 N–H and O–H groups in total. The first-order valence-corrected chi connectivity index (χ1v) is 8.97. The van der Waals surface area contributed by atoms with Crippen LogP contribution < -0.4 is 14.8 Å². The monoisotopic (exact) mass is 342 g/mol. The summed E-state index contributed by atoms with van der Waals surface area (Å²) in [4.78, 5) is 0. The van der Waals surface area contributed by atoms with Crippen LogP contribution in [0.2, 0.25) is 0 Å². The largest absolute Gasteiger partial charge is 0.497 e. The molecule has 4 atom stereocenters. The minimum absolute atomic E-state index is 0.242. The van der Waals surface area contributed by atoms with Crippen LogP contribution in [-0.2, 0) is 0 Å². The highest BCUT2D eigenvalue weighted by molar-refractivity contribution is 5.30. The number of ether oxygens (including phenoxy) is 2. The summed E-state index contributed by atoms with van der Waals surface area (Å²) in [5.41, 5.74) is 2.47. The van der Waals surface area contributed by atoms with Crippen molar-refractivity contribution < 1.29 is 19.9 Å². The molecular formula is C21H28NO3+. The van der Waals surface area contributed by atoms with Crippen molar-refractivity contribution in [3.8, 4) is 11.5 Å². The Kier molecular flexibility index (Phi) is 5.61. The Hall–Kier alpha value is -2.04. The molecule has 4 heteroatoms. The third-order valence-corrected chi connectivity index (χ3v) is 5.41. The summed E-state index contributed by atoms with van der Waals surface area (Å²) in [6, 6.07) is 16.9. The molecule has 134 valence electrons. The van der Waals surface area contributed by atoms with E-state index >= 15 is 0 Å². The average Bonchev–Trinajstić information content (AvgIpc) is 2.67. The minimum atomic E-state index is -0.297. The third-order valence-electron chi connectivity index (χ3n) is 5.41. The van der Waals surface area contributed by atoms with Crippen LogP contribution in [0, 0.1) is 5.92 Å². The van der Waals surface area contributed by atoms with E-state index in [1.807, 2.05) is 24.3 Å². The fourth-order valence-corrected chi connectivity index (χ4v) is 3.95. The van der Waals surface area contributed by atoms with Gasteiger partial charge >= 0.3 is 0 Å². The molecule has 0 unspecified atom stereocenters. The quantitative estimate of drug-likeness (QED) is 0.878. The number of benzene rings is 2. The Morgan fingerprint density at radius 2 is 1.44 bits per heavy atom. The summed E-state index contributed by atoms with van der Waals surface area (Å²) >= 11 is 0. The maximum absolute atomic E-state index is 10.8. The zero-order valence-electron chi connectivity index (χ0n) is 15.2. The lowest BCUT2D eigenvalue weighted by Gasteiger charge is -2.38. The van der Waals surface area contributed by atoms with Gasteiger partial charge in [-0.2, -0.15) is 0 Å². The van der Waals surface area contributed by atoms with Crippen LogP contribution in [0.25, 0.3) is 0 Å². The molecule has 0 bridgehead atoms. The van der Waals surface area contributed by atoms with Crippen molar-refractivity contribution in [3.05, 3.63) is 59.7 Å². The second-order valence-electron chi connectivity index (χ2n) is 6.75. The highest BCUT2D eigenvalue weighted by Crippen LogP contribution is 2.34. The van der Waals surface area contributed by atoms with Gasteiger partial charge < -0.3 is 19.9 Å². The SMILES string of the molecule is CC[C@H]1[C@@H](c2ccc(OC)cc2)[NH2+][C@H](c2ccc(OC)cc2)C[C@@H]1O. The van der Waals surface area contributed by atoms with Gasteiger partial charge in [0, 0.05) is 23.5 Å². The lowest BCUT2D eigenvalue weighted by Crippen LogP contribution is -2.90. The summed E-state index contributed by atoms with van der Waals surface area (Å²) < 4.78 is 10.5. The second-order valence-corrected chi connectivity index (χ2v) is 6.75. The van der Waals surface area contributed by atoms with E-state index in [0.717, 1.165) is 24.3 Å². The van der Waals surface area contributed by atoms with Crippen LogP contribution in [0.1, 0.15) is 43.0 Å². The number of rotatable bonds is 5. The second kappa shape index (κ2) is 7.89. The summed E-state index contributed by atoms with van der Waals surface area (Å²) in [7, 11) is 3.36. The molecule has 0 aromatic heterocycles. The molecule has 1 aliphatic rings. The molecule has 3 rings (SSSR count). The number of hydrogen-bond donors (Lipinski definition) is 2. The van der Waals surface area contributed by atoms with Gasteiger partial charge in [0.25, 0.3) is 0 Å². The molecule has 1 saturated heterocycles. The van der Waals surface area contributed by atoms with Gasteiger partial charge in [-0.05, 0) is 55.0 Å². The number of methoxy groups -OCH3 is 2. The first kappa shape index (κ1) is 17.8. The van der Waals surface area contributed by atoms with Gasteiger partial charge in [-0.3, -0.25) is 0 Å². The molecule has 25 heavy (non-hydrogen) atoms. The summed E-state index contributed by atoms with van der Waals surface area (Å²) in [6.45, 7) is 2.16. The topological polar surface area (TPSA) is 55.3 Å². The van der Waals surface area contributed by atoms with Crippen molar-refractivity contribution in [3.63, 3.8) is 0 Å². The van der Waals surface area contributed by atoms with E-state index in [2.05, 4.69) is 36.5 Å². The molecule has 0 saturated carbocycles. The zero-order chi connectivity index (χ0) is 17.8. The molecule has 1 fully saturated rings. The molecule has 0 spiro atoms. The van der Waals surface area contributed by atoms with Crippen molar-refractivity contribution in [1.29, 1.82) is 0 Å². The Morgan fingerprint density at radius 3 is 1.92 bits per heavy atom. The molecule has 4 nitrogen and oxygen atoms in total. The number of hydrogen-bond acceptors (Lipinski definition) is 3. The van der Waals surface area contributed by atoms with Gasteiger partial charge in [0.2, 0.25) is 0 Å². The number of quaternary nitrogens is 1. The standard InChI is InChI=1S/C21H27NO3/c1-4-18-20(23)13-19(14-5-9-16(24-2)10-6-14)22-21(18)15-7-11-17(25-3)12-8-15/h5-12,18-23H,4,13H2,1-3H3/p+1/t18-,19+,20+,21-/m1/s1. The van der Waals surface area contributed by atoms with E-state index in [9.17, 15) is 5.11 Å². The van der Waals surface area contributed by atoms with Crippen LogP contribution in [0.15, 0.2) is 48.5 Å². The third kappa shape index (κ3) is 3.80. The Labute approximate surface area is 149 Å². The van der Waals surface area contributed by atoms with Crippen molar-refractivity contribution in [2.75, 3.05) is 14.2 Å². The maximum atomic E-state index is 10.8. The van der Waals surface area contributed by atoms with Crippen LogP contribution in [0.4, 0.5) is 0 Å². The van der Waals surface area contributed by atoms with Crippen molar-refractivity contribution >= 4 is 0 Å². The molecule has 1 aliphatic heterocycles. The average molecular weight is 342 g/mol. The molecular weight excluding hydrogens is 314 g/mol. The van der Waals surface area contributed by atoms with E-state index in [0.29, 0.717) is 0 Å². The highest BCUT2D eigenvalue weighted by atomic mass is 16.5. The zero-order valence-corrected chi connectivity index (χ0v) is 15.2. The van der Waals surface area contributed by atoms with Gasteiger partial charge in [-0.25, -0.2) is 0 Å². The van der Waals surface area contributed by atoms with Gasteiger partial charge in [0.05, 0.1) is 20.3 Å².